The third-order valence-corrected chi connectivity index (χ3v) is 4.35. The zero-order valence-electron chi connectivity index (χ0n) is 12.9. The molecule has 1 aliphatic rings. The molecule has 0 unspecified atom stereocenters. The molecule has 2 amide bonds. The summed E-state index contributed by atoms with van der Waals surface area (Å²) in [5.74, 6) is -0.742. The van der Waals surface area contributed by atoms with Gasteiger partial charge < -0.3 is 15.7 Å². The number of rotatable bonds is 7. The van der Waals surface area contributed by atoms with Crippen LogP contribution in [0.25, 0.3) is 0 Å². The van der Waals surface area contributed by atoms with Crippen LogP contribution in [-0.2, 0) is 4.79 Å². The zero-order valence-corrected chi connectivity index (χ0v) is 12.9. The van der Waals surface area contributed by atoms with Crippen LogP contribution in [-0.4, -0.2) is 29.7 Å². The minimum Gasteiger partial charge on any atom is -0.480 e. The Labute approximate surface area is 121 Å². The van der Waals surface area contributed by atoms with E-state index in [1.807, 2.05) is 13.8 Å². The van der Waals surface area contributed by atoms with Gasteiger partial charge in [0.2, 0.25) is 0 Å². The van der Waals surface area contributed by atoms with Gasteiger partial charge in [-0.15, -0.1) is 0 Å². The number of hydrogen-bond acceptors (Lipinski definition) is 2. The smallest absolute Gasteiger partial charge is 0.326 e. The van der Waals surface area contributed by atoms with Gasteiger partial charge in [-0.1, -0.05) is 33.6 Å². The summed E-state index contributed by atoms with van der Waals surface area (Å²) in [6.07, 6.45) is 6.25. The molecule has 0 aliphatic heterocycles. The van der Waals surface area contributed by atoms with Gasteiger partial charge in [0.05, 0.1) is 0 Å². The molecule has 0 spiro atoms. The van der Waals surface area contributed by atoms with Crippen molar-refractivity contribution in [1.82, 2.24) is 10.6 Å². The highest BCUT2D eigenvalue weighted by molar-refractivity contribution is 5.82. The molecule has 0 saturated heterocycles. The lowest BCUT2D eigenvalue weighted by molar-refractivity contribution is -0.139. The molecule has 116 valence electrons. The minimum atomic E-state index is -0.972. The molecule has 0 aromatic carbocycles. The lowest BCUT2D eigenvalue weighted by atomic mass is 9.83. The summed E-state index contributed by atoms with van der Waals surface area (Å²) < 4.78 is 0. The number of hydrogen-bond donors (Lipinski definition) is 3. The van der Waals surface area contributed by atoms with E-state index in [4.69, 9.17) is 5.11 Å². The summed E-state index contributed by atoms with van der Waals surface area (Å²) in [6, 6.07) is -1.17. The number of urea groups is 1. The van der Waals surface area contributed by atoms with Gasteiger partial charge in [0.1, 0.15) is 6.04 Å². The highest BCUT2D eigenvalue weighted by Gasteiger charge is 2.32. The first kappa shape index (κ1) is 16.8. The Bertz CT molecular complexity index is 336. The molecule has 1 atom stereocenters. The lowest BCUT2D eigenvalue weighted by Gasteiger charge is -2.28. The molecular formula is C15H28N2O3. The molecule has 0 heterocycles. The molecule has 1 aliphatic carbocycles. The Morgan fingerprint density at radius 2 is 1.85 bits per heavy atom. The fourth-order valence-electron chi connectivity index (χ4n) is 2.95. The quantitative estimate of drug-likeness (QED) is 0.672. The van der Waals surface area contributed by atoms with Crippen molar-refractivity contribution in [3.63, 3.8) is 0 Å². The highest BCUT2D eigenvalue weighted by atomic mass is 16.4. The van der Waals surface area contributed by atoms with Crippen molar-refractivity contribution in [2.24, 2.45) is 11.3 Å². The van der Waals surface area contributed by atoms with Gasteiger partial charge in [-0.25, -0.2) is 9.59 Å². The number of carbonyl (C=O) groups is 2. The van der Waals surface area contributed by atoms with E-state index in [-0.39, 0.29) is 17.4 Å². The number of carboxylic acid groups (broad SMARTS) is 1. The van der Waals surface area contributed by atoms with E-state index in [0.29, 0.717) is 13.0 Å². The molecule has 0 aromatic heterocycles. The van der Waals surface area contributed by atoms with Crippen LogP contribution in [0.2, 0.25) is 0 Å². The van der Waals surface area contributed by atoms with E-state index in [1.54, 1.807) is 0 Å². The maximum Gasteiger partial charge on any atom is 0.326 e. The van der Waals surface area contributed by atoms with Crippen molar-refractivity contribution in [2.45, 2.75) is 65.3 Å². The summed E-state index contributed by atoms with van der Waals surface area (Å²) in [7, 11) is 0. The van der Waals surface area contributed by atoms with Gasteiger partial charge in [0.15, 0.2) is 0 Å². The van der Waals surface area contributed by atoms with Crippen LogP contribution in [0.15, 0.2) is 0 Å². The fourth-order valence-corrected chi connectivity index (χ4v) is 2.95. The number of nitrogens with one attached hydrogen (secondary N) is 2. The molecule has 0 aromatic rings. The predicted molar refractivity (Wildman–Crippen MR) is 78.6 cm³/mol. The third kappa shape index (κ3) is 5.02. The van der Waals surface area contributed by atoms with E-state index < -0.39 is 12.0 Å². The van der Waals surface area contributed by atoms with Crippen molar-refractivity contribution in [1.29, 1.82) is 0 Å². The number of carboxylic acids is 1. The second-order valence-electron chi connectivity index (χ2n) is 6.41. The Morgan fingerprint density at radius 1 is 1.25 bits per heavy atom. The number of aliphatic carboxylic acids is 1. The van der Waals surface area contributed by atoms with Crippen molar-refractivity contribution in [3.8, 4) is 0 Å². The molecule has 20 heavy (non-hydrogen) atoms. The fraction of sp³-hybridized carbons (Fsp3) is 0.867. The van der Waals surface area contributed by atoms with Crippen molar-refractivity contribution in [2.75, 3.05) is 6.54 Å². The highest BCUT2D eigenvalue weighted by Crippen LogP contribution is 2.40. The molecule has 3 N–H and O–H groups in total. The Morgan fingerprint density at radius 3 is 2.30 bits per heavy atom. The standard InChI is InChI=1S/C15H28N2O3/c1-4-15(7-5-6-8-15)10-16-14(20)17-12(13(18)19)9-11(2)3/h11-12H,4-10H2,1-3H3,(H,18,19)(H2,16,17,20)/t12-/m1/s1. The van der Waals surface area contributed by atoms with E-state index in [2.05, 4.69) is 17.6 Å². The first-order valence-electron chi connectivity index (χ1n) is 7.66. The maximum atomic E-state index is 11.9. The summed E-state index contributed by atoms with van der Waals surface area (Å²) in [6.45, 7) is 6.69. The van der Waals surface area contributed by atoms with Gasteiger partial charge in [-0.05, 0) is 37.0 Å². The van der Waals surface area contributed by atoms with Crippen LogP contribution < -0.4 is 10.6 Å². The van der Waals surface area contributed by atoms with Crippen LogP contribution in [0.5, 0.6) is 0 Å². The van der Waals surface area contributed by atoms with Crippen molar-refractivity contribution >= 4 is 12.0 Å². The van der Waals surface area contributed by atoms with Crippen molar-refractivity contribution < 1.29 is 14.7 Å². The van der Waals surface area contributed by atoms with Crippen LogP contribution in [0.3, 0.4) is 0 Å². The van der Waals surface area contributed by atoms with Gasteiger partial charge >= 0.3 is 12.0 Å². The summed E-state index contributed by atoms with van der Waals surface area (Å²) >= 11 is 0. The van der Waals surface area contributed by atoms with Crippen LogP contribution >= 0.6 is 0 Å². The normalized spacial score (nSPS) is 18.8. The molecule has 0 bridgehead atoms. The molecular weight excluding hydrogens is 256 g/mol. The monoisotopic (exact) mass is 284 g/mol. The number of amides is 2. The Balaban J connectivity index is 2.43. The molecule has 5 nitrogen and oxygen atoms in total. The first-order valence-corrected chi connectivity index (χ1v) is 7.66. The first-order chi connectivity index (χ1) is 9.38. The molecule has 5 heteroatoms. The molecule has 1 rings (SSSR count). The maximum absolute atomic E-state index is 11.9. The number of carbonyl (C=O) groups excluding carboxylic acids is 1. The molecule has 0 radical (unpaired) electrons. The largest absolute Gasteiger partial charge is 0.480 e. The zero-order chi connectivity index (χ0) is 15.2. The van der Waals surface area contributed by atoms with Crippen LogP contribution in [0.4, 0.5) is 4.79 Å². The topological polar surface area (TPSA) is 78.4 Å². The summed E-state index contributed by atoms with van der Waals surface area (Å²) in [4.78, 5) is 23.0. The van der Waals surface area contributed by atoms with Gasteiger partial charge in [0.25, 0.3) is 0 Å². The lowest BCUT2D eigenvalue weighted by Crippen LogP contribution is -2.48. The van der Waals surface area contributed by atoms with E-state index >= 15 is 0 Å². The summed E-state index contributed by atoms with van der Waals surface area (Å²) in [5.41, 5.74) is 0.216. The van der Waals surface area contributed by atoms with E-state index in [1.165, 1.54) is 12.8 Å². The van der Waals surface area contributed by atoms with Crippen LogP contribution in [0.1, 0.15) is 59.3 Å². The van der Waals surface area contributed by atoms with Crippen LogP contribution in [0, 0.1) is 11.3 Å². The minimum absolute atomic E-state index is 0.216. The summed E-state index contributed by atoms with van der Waals surface area (Å²) in [5, 5.41) is 14.5. The Kier molecular flexibility index (Phi) is 6.30. The van der Waals surface area contributed by atoms with Gasteiger partial charge in [-0.2, -0.15) is 0 Å². The van der Waals surface area contributed by atoms with E-state index in [0.717, 1.165) is 19.3 Å². The molecule has 1 fully saturated rings. The van der Waals surface area contributed by atoms with E-state index in [9.17, 15) is 9.59 Å². The second kappa shape index (κ2) is 7.50. The molecule has 1 saturated carbocycles. The SMILES string of the molecule is CCC1(CNC(=O)N[C@H](CC(C)C)C(=O)O)CCCC1. The third-order valence-electron chi connectivity index (χ3n) is 4.35. The van der Waals surface area contributed by atoms with Crippen molar-refractivity contribution in [3.05, 3.63) is 0 Å². The Hall–Kier alpha value is -1.26. The average Bonchev–Trinajstić information content (AvgIpc) is 2.84. The average molecular weight is 284 g/mol. The van der Waals surface area contributed by atoms with Gasteiger partial charge in [-0.3, -0.25) is 0 Å². The predicted octanol–water partition coefficient (Wildman–Crippen LogP) is 2.76. The van der Waals surface area contributed by atoms with Gasteiger partial charge in [0, 0.05) is 6.54 Å². The second-order valence-corrected chi connectivity index (χ2v) is 6.41.